The van der Waals surface area contributed by atoms with E-state index in [4.69, 9.17) is 17.2 Å². The Kier molecular flexibility index (Phi) is 19.9. The number of hydrogen-bond acceptors (Lipinski definition) is 12. The van der Waals surface area contributed by atoms with Gasteiger partial charge in [-0.3, -0.25) is 47.9 Å². The Morgan fingerprint density at radius 2 is 1.15 bits per heavy atom. The minimum absolute atomic E-state index is 0.0124. The molecule has 59 heavy (non-hydrogen) atoms. The third-order valence-corrected chi connectivity index (χ3v) is 9.00. The van der Waals surface area contributed by atoms with Gasteiger partial charge in [-0.15, -0.1) is 0 Å². The molecular formula is C36H52N10O13. The molecule has 2 rings (SSSR count). The molecule has 10 amide bonds. The van der Waals surface area contributed by atoms with E-state index in [9.17, 15) is 63.0 Å². The standard InChI is InChI=1S/C36H52N10O13/c1-19(48)41-25(18-47)34(56)44-23(11-14-29(39)51)33(55)43-22(10-13-28(38)50)32(54)42-21(9-12-27(37)49)31(53)40-17-30(52)46-15-5-8-26(46)35(57)45-24(36(58)59)16-20-6-3-2-4-7-20/h2-4,6-7,21-26,47H,5,8-18H2,1H3,(H2,37,49)(H2,38,50)(H2,39,51)(H,40,53)(H,41,48)(H,42,54)(H,43,55)(H,44,56)(H,45,57)(H,58,59)/t21-,22-,23-,24-,25-,26-/m0/s1. The molecule has 324 valence electrons. The van der Waals surface area contributed by atoms with Gasteiger partial charge in [-0.25, -0.2) is 4.79 Å². The number of primary amides is 3. The van der Waals surface area contributed by atoms with Gasteiger partial charge in [0.05, 0.1) is 13.2 Å². The topological polar surface area (TPSA) is 382 Å². The van der Waals surface area contributed by atoms with Gasteiger partial charge in [-0.05, 0) is 37.7 Å². The highest BCUT2D eigenvalue weighted by molar-refractivity contribution is 5.97. The summed E-state index contributed by atoms with van der Waals surface area (Å²) in [5.41, 5.74) is 16.4. The summed E-state index contributed by atoms with van der Waals surface area (Å²) < 4.78 is 0. The van der Waals surface area contributed by atoms with Crippen LogP contribution in [-0.2, 0) is 59.2 Å². The van der Waals surface area contributed by atoms with Crippen LogP contribution < -0.4 is 49.1 Å². The van der Waals surface area contributed by atoms with E-state index in [1.807, 2.05) is 0 Å². The summed E-state index contributed by atoms with van der Waals surface area (Å²) in [5, 5.41) is 33.2. The molecule has 0 unspecified atom stereocenters. The Morgan fingerprint density at radius 1 is 0.678 bits per heavy atom. The van der Waals surface area contributed by atoms with Crippen molar-refractivity contribution in [3.05, 3.63) is 35.9 Å². The van der Waals surface area contributed by atoms with Crippen molar-refractivity contribution in [1.82, 2.24) is 36.8 Å². The van der Waals surface area contributed by atoms with E-state index in [2.05, 4.69) is 31.9 Å². The van der Waals surface area contributed by atoms with Crippen LogP contribution in [0.1, 0.15) is 63.9 Å². The lowest BCUT2D eigenvalue weighted by atomic mass is 10.0. The first kappa shape index (κ1) is 48.5. The lowest BCUT2D eigenvalue weighted by molar-refractivity contribution is -0.144. The van der Waals surface area contributed by atoms with Crippen molar-refractivity contribution in [2.24, 2.45) is 17.2 Å². The number of hydrogen-bond donors (Lipinski definition) is 11. The number of nitrogens with zero attached hydrogens (tertiary/aromatic N) is 1. The molecule has 1 aromatic carbocycles. The van der Waals surface area contributed by atoms with E-state index >= 15 is 0 Å². The van der Waals surface area contributed by atoms with E-state index in [0.717, 1.165) is 6.92 Å². The largest absolute Gasteiger partial charge is 0.480 e. The summed E-state index contributed by atoms with van der Waals surface area (Å²) in [6.07, 6.45) is -1.98. The lowest BCUT2D eigenvalue weighted by Crippen LogP contribution is -2.59. The zero-order valence-corrected chi connectivity index (χ0v) is 32.4. The SMILES string of the molecule is CC(=O)N[C@@H](CO)C(=O)N[C@@H](CCC(N)=O)C(=O)N[C@@H](CCC(N)=O)C(=O)N[C@@H](CCC(N)=O)C(=O)NCC(=O)N1CCC[C@H]1C(=O)N[C@@H](Cc1ccccc1)C(=O)O. The van der Waals surface area contributed by atoms with Crippen molar-refractivity contribution in [2.45, 2.75) is 101 Å². The van der Waals surface area contributed by atoms with Crippen LogP contribution in [0.5, 0.6) is 0 Å². The first-order chi connectivity index (χ1) is 27.8. The number of benzene rings is 1. The number of aliphatic carboxylic acids is 1. The smallest absolute Gasteiger partial charge is 0.326 e. The van der Waals surface area contributed by atoms with E-state index in [1.54, 1.807) is 30.3 Å². The zero-order valence-electron chi connectivity index (χ0n) is 32.4. The van der Waals surface area contributed by atoms with Crippen LogP contribution in [-0.4, -0.2) is 136 Å². The number of carbonyl (C=O) groups excluding carboxylic acids is 10. The van der Waals surface area contributed by atoms with Crippen LogP contribution in [0.25, 0.3) is 0 Å². The van der Waals surface area contributed by atoms with Gasteiger partial charge in [0.25, 0.3) is 0 Å². The molecule has 0 spiro atoms. The lowest BCUT2D eigenvalue weighted by Gasteiger charge is -2.27. The summed E-state index contributed by atoms with van der Waals surface area (Å²) in [6, 6.07) is -0.00405. The second kappa shape index (κ2) is 24.2. The number of carbonyl (C=O) groups is 11. The quantitative estimate of drug-likeness (QED) is 0.0439. The van der Waals surface area contributed by atoms with Gasteiger partial charge in [0, 0.05) is 39.2 Å². The highest BCUT2D eigenvalue weighted by Gasteiger charge is 2.37. The van der Waals surface area contributed by atoms with Crippen LogP contribution in [0.3, 0.4) is 0 Å². The summed E-state index contributed by atoms with van der Waals surface area (Å²) in [4.78, 5) is 139. The molecule has 1 aliphatic rings. The molecule has 1 aromatic rings. The number of carboxylic acid groups (broad SMARTS) is 1. The molecule has 23 nitrogen and oxygen atoms in total. The molecule has 23 heteroatoms. The predicted octanol–water partition coefficient (Wildman–Crippen LogP) is -5.35. The summed E-state index contributed by atoms with van der Waals surface area (Å²) in [7, 11) is 0. The van der Waals surface area contributed by atoms with Crippen LogP contribution >= 0.6 is 0 Å². The maximum Gasteiger partial charge on any atom is 0.326 e. The highest BCUT2D eigenvalue weighted by atomic mass is 16.4. The maximum absolute atomic E-state index is 13.6. The molecule has 1 heterocycles. The molecule has 0 aliphatic carbocycles. The normalized spacial score (nSPS) is 15.8. The molecule has 6 atom stereocenters. The monoisotopic (exact) mass is 832 g/mol. The van der Waals surface area contributed by atoms with Crippen LogP contribution in [0.4, 0.5) is 0 Å². The zero-order chi connectivity index (χ0) is 44.2. The number of aliphatic hydroxyl groups is 1. The number of nitrogens with one attached hydrogen (secondary N) is 6. The average Bonchev–Trinajstić information content (AvgIpc) is 3.67. The van der Waals surface area contributed by atoms with Gasteiger partial charge in [0.15, 0.2) is 0 Å². The predicted molar refractivity (Wildman–Crippen MR) is 203 cm³/mol. The van der Waals surface area contributed by atoms with Crippen LogP contribution in [0.15, 0.2) is 30.3 Å². The number of amides is 10. The minimum Gasteiger partial charge on any atom is -0.480 e. The summed E-state index contributed by atoms with van der Waals surface area (Å²) in [5.74, 6) is -10.2. The van der Waals surface area contributed by atoms with E-state index in [0.29, 0.717) is 12.0 Å². The van der Waals surface area contributed by atoms with Crippen LogP contribution in [0, 0.1) is 0 Å². The Bertz CT molecular complexity index is 1730. The highest BCUT2D eigenvalue weighted by Crippen LogP contribution is 2.18. The minimum atomic E-state index is -1.63. The summed E-state index contributed by atoms with van der Waals surface area (Å²) in [6.45, 7) is -0.368. The second-order valence-electron chi connectivity index (χ2n) is 13.7. The molecule has 0 saturated carbocycles. The van der Waals surface area contributed by atoms with Crippen molar-refractivity contribution in [1.29, 1.82) is 0 Å². The molecule has 1 fully saturated rings. The summed E-state index contributed by atoms with van der Waals surface area (Å²) >= 11 is 0. The third kappa shape index (κ3) is 17.2. The fourth-order valence-electron chi connectivity index (χ4n) is 5.97. The van der Waals surface area contributed by atoms with Gasteiger partial charge in [0.2, 0.25) is 59.1 Å². The number of likely N-dealkylation sites (tertiary alicyclic amines) is 1. The van der Waals surface area contributed by atoms with Gasteiger partial charge >= 0.3 is 5.97 Å². The van der Waals surface area contributed by atoms with E-state index < -0.39 is 153 Å². The molecule has 14 N–H and O–H groups in total. The number of rotatable bonds is 25. The van der Waals surface area contributed by atoms with E-state index in [1.165, 1.54) is 4.90 Å². The number of nitrogens with two attached hydrogens (primary N) is 3. The molecule has 1 saturated heterocycles. The van der Waals surface area contributed by atoms with E-state index in [-0.39, 0.29) is 19.4 Å². The fourth-order valence-corrected chi connectivity index (χ4v) is 5.97. The van der Waals surface area contributed by atoms with Crippen molar-refractivity contribution < 1.29 is 63.0 Å². The second-order valence-corrected chi connectivity index (χ2v) is 13.7. The third-order valence-electron chi connectivity index (χ3n) is 9.00. The van der Waals surface area contributed by atoms with Gasteiger partial charge < -0.3 is 64.2 Å². The van der Waals surface area contributed by atoms with Crippen molar-refractivity contribution in [3.8, 4) is 0 Å². The Labute approximate surface area is 338 Å². The Hall–Kier alpha value is -6.65. The number of carboxylic acids is 1. The Morgan fingerprint density at radius 3 is 1.59 bits per heavy atom. The van der Waals surface area contributed by atoms with Crippen LogP contribution in [0.2, 0.25) is 0 Å². The first-order valence-corrected chi connectivity index (χ1v) is 18.6. The Balaban J connectivity index is 2.20. The number of aliphatic hydroxyl groups excluding tert-OH is 1. The van der Waals surface area contributed by atoms with Gasteiger partial charge in [-0.2, -0.15) is 0 Å². The van der Waals surface area contributed by atoms with Gasteiger partial charge in [-0.1, -0.05) is 30.3 Å². The molecule has 0 aromatic heterocycles. The molecule has 1 aliphatic heterocycles. The first-order valence-electron chi connectivity index (χ1n) is 18.6. The maximum atomic E-state index is 13.6. The average molecular weight is 833 g/mol. The fraction of sp³-hybridized carbons (Fsp3) is 0.528. The van der Waals surface area contributed by atoms with Gasteiger partial charge in [0.1, 0.15) is 36.3 Å². The van der Waals surface area contributed by atoms with Crippen molar-refractivity contribution >= 4 is 65.0 Å². The van der Waals surface area contributed by atoms with Crippen molar-refractivity contribution in [2.75, 3.05) is 19.7 Å². The molecular weight excluding hydrogens is 780 g/mol. The van der Waals surface area contributed by atoms with Crippen molar-refractivity contribution in [3.63, 3.8) is 0 Å². The molecule has 0 radical (unpaired) electrons. The molecule has 0 bridgehead atoms.